The van der Waals surface area contributed by atoms with Crippen LogP contribution in [0.3, 0.4) is 0 Å². The summed E-state index contributed by atoms with van der Waals surface area (Å²) in [6.07, 6.45) is 14.3. The lowest BCUT2D eigenvalue weighted by molar-refractivity contribution is 0.749. The molecule has 3 aromatic heterocycles. The zero-order chi connectivity index (χ0) is 44.0. The van der Waals surface area contributed by atoms with E-state index in [1.807, 2.05) is 90.7 Å². The fraction of sp³-hybridized carbons (Fsp3) is 0.182. The molecule has 6 nitrogen and oxygen atoms in total. The van der Waals surface area contributed by atoms with Crippen molar-refractivity contribution in [1.82, 2.24) is 28.7 Å². The van der Waals surface area contributed by atoms with E-state index >= 15 is 0 Å². The van der Waals surface area contributed by atoms with Crippen molar-refractivity contribution < 1.29 is 0 Å². The molecule has 0 aliphatic heterocycles. The monoisotopic (exact) mass is 868 g/mol. The number of imidazole rings is 3. The molecular weight excluding hydrogens is 816 g/mol. The fourth-order valence-electron chi connectivity index (χ4n) is 7.58. The Morgan fingerprint density at radius 3 is 1.56 bits per heavy atom. The van der Waals surface area contributed by atoms with Gasteiger partial charge in [0.05, 0.1) is 24.7 Å². The maximum absolute atomic E-state index is 6.18. The first-order valence-electron chi connectivity index (χ1n) is 21.3. The molecule has 0 aliphatic carbocycles. The minimum atomic E-state index is 0.717. The highest BCUT2D eigenvalue weighted by Gasteiger charge is 2.10. The van der Waals surface area contributed by atoms with Crippen LogP contribution in [0.15, 0.2) is 183 Å². The average Bonchev–Trinajstić information content (AvgIpc) is 4.05. The molecule has 0 fully saturated rings. The number of halogens is 2. The first-order chi connectivity index (χ1) is 30.7. The molecule has 0 amide bonds. The van der Waals surface area contributed by atoms with Gasteiger partial charge in [0.25, 0.3) is 0 Å². The summed E-state index contributed by atoms with van der Waals surface area (Å²) in [5.41, 5.74) is 16.5. The third-order valence-corrected chi connectivity index (χ3v) is 12.1. The van der Waals surface area contributed by atoms with E-state index in [0.29, 0.717) is 0 Å². The van der Waals surface area contributed by atoms with Crippen LogP contribution in [0, 0.1) is 27.7 Å². The molecule has 63 heavy (non-hydrogen) atoms. The number of rotatable bonds is 12. The average molecular weight is 870 g/mol. The maximum Gasteiger partial charge on any atom is 0.0952 e. The number of aryl methyl sites for hydroxylation is 4. The topological polar surface area (TPSA) is 53.5 Å². The summed E-state index contributed by atoms with van der Waals surface area (Å²) >= 11 is 12.4. The molecule has 3 heterocycles. The van der Waals surface area contributed by atoms with Crippen molar-refractivity contribution in [3.63, 3.8) is 0 Å². The van der Waals surface area contributed by atoms with Crippen molar-refractivity contribution in [2.45, 2.75) is 66.6 Å². The van der Waals surface area contributed by atoms with Gasteiger partial charge in [0.1, 0.15) is 0 Å². The molecule has 318 valence electrons. The normalized spacial score (nSPS) is 10.8. The van der Waals surface area contributed by atoms with E-state index in [9.17, 15) is 0 Å². The Labute approximate surface area is 382 Å². The lowest BCUT2D eigenvalue weighted by atomic mass is 9.99. The van der Waals surface area contributed by atoms with E-state index in [2.05, 4.69) is 149 Å². The third kappa shape index (κ3) is 12.6. The summed E-state index contributed by atoms with van der Waals surface area (Å²) in [5, 5.41) is 1.55. The van der Waals surface area contributed by atoms with Gasteiger partial charge in [0, 0.05) is 78.9 Å². The number of benzene rings is 6. The van der Waals surface area contributed by atoms with Crippen LogP contribution in [0.4, 0.5) is 0 Å². The highest BCUT2D eigenvalue weighted by molar-refractivity contribution is 6.31. The fourth-order valence-corrected chi connectivity index (χ4v) is 7.98. The van der Waals surface area contributed by atoms with E-state index in [1.165, 1.54) is 55.9 Å². The van der Waals surface area contributed by atoms with E-state index in [1.54, 1.807) is 0 Å². The summed E-state index contributed by atoms with van der Waals surface area (Å²) in [6, 6.07) is 49.8. The van der Waals surface area contributed by atoms with Crippen molar-refractivity contribution in [2.24, 2.45) is 0 Å². The Bertz CT molecular complexity index is 2690. The van der Waals surface area contributed by atoms with E-state index in [4.69, 9.17) is 23.2 Å². The van der Waals surface area contributed by atoms with Gasteiger partial charge in [-0.3, -0.25) is 0 Å². The van der Waals surface area contributed by atoms with Crippen molar-refractivity contribution in [2.75, 3.05) is 0 Å². The number of nitrogens with zero attached hydrogens (tertiary/aromatic N) is 6. The lowest BCUT2D eigenvalue weighted by Gasteiger charge is -2.12. The summed E-state index contributed by atoms with van der Waals surface area (Å²) in [6.45, 7) is 11.2. The molecule has 8 heteroatoms. The zero-order valence-electron chi connectivity index (χ0n) is 36.5. The van der Waals surface area contributed by atoms with Gasteiger partial charge in [0.15, 0.2) is 0 Å². The molecule has 0 radical (unpaired) electrons. The molecule has 0 spiro atoms. The van der Waals surface area contributed by atoms with Gasteiger partial charge in [0.2, 0.25) is 0 Å². The number of aromatic nitrogens is 6. The smallest absolute Gasteiger partial charge is 0.0952 e. The predicted octanol–water partition coefficient (Wildman–Crippen LogP) is 13.1. The number of hydrogen-bond donors (Lipinski definition) is 0. The van der Waals surface area contributed by atoms with Gasteiger partial charge >= 0.3 is 0 Å². The minimum absolute atomic E-state index is 0.717. The second-order valence-electron chi connectivity index (χ2n) is 16.0. The Kier molecular flexibility index (Phi) is 15.6. The van der Waals surface area contributed by atoms with Crippen LogP contribution in [0.5, 0.6) is 0 Å². The minimum Gasteiger partial charge on any atom is -0.333 e. The number of hydrogen-bond acceptors (Lipinski definition) is 3. The molecule has 9 aromatic rings. The summed E-state index contributed by atoms with van der Waals surface area (Å²) in [5.74, 6) is 0. The van der Waals surface area contributed by atoms with Gasteiger partial charge in [-0.05, 0) is 95.5 Å². The molecule has 0 saturated carbocycles. The van der Waals surface area contributed by atoms with Gasteiger partial charge in [-0.2, -0.15) is 0 Å². The van der Waals surface area contributed by atoms with Crippen LogP contribution >= 0.6 is 23.2 Å². The van der Waals surface area contributed by atoms with Crippen LogP contribution in [0.1, 0.15) is 72.7 Å². The molecular formula is C55H54Cl2N6. The highest BCUT2D eigenvalue weighted by atomic mass is 35.5. The Hall–Kier alpha value is -6.47. The summed E-state index contributed by atoms with van der Waals surface area (Å²) in [4.78, 5) is 13.1. The quantitative estimate of drug-likeness (QED) is 0.123. The van der Waals surface area contributed by atoms with Gasteiger partial charge < -0.3 is 13.7 Å². The van der Waals surface area contributed by atoms with Crippen LogP contribution in [0.2, 0.25) is 10.0 Å². The molecule has 0 N–H and O–H groups in total. The standard InChI is InChI=1S/2C19H20N2.C17H14Cl2N2/c1-15-7-3-5-9-17(15)11-19-12-20-14-21(19)13-18-10-6-4-8-16(18)2;1-15-7-6-8-16(2)19(15)11-18-12-20-14-21(18)13-17-9-4-3-5-10-17;18-16-7-3-1-5-13(16)9-15-11-21(12-20-15)10-14-6-2-4-8-17(14)19/h2*3-10,12,14H,11,13H2,1-2H3;1-8,11-12H,9-10H2. The second kappa shape index (κ2) is 22.1. The molecule has 9 rings (SSSR count). The Morgan fingerprint density at radius 2 is 0.937 bits per heavy atom. The van der Waals surface area contributed by atoms with Gasteiger partial charge in [-0.15, -0.1) is 0 Å². The van der Waals surface area contributed by atoms with E-state index in [-0.39, 0.29) is 0 Å². The van der Waals surface area contributed by atoms with Crippen molar-refractivity contribution in [3.8, 4) is 0 Å². The maximum atomic E-state index is 6.18. The van der Waals surface area contributed by atoms with E-state index in [0.717, 1.165) is 65.8 Å². The molecule has 0 unspecified atom stereocenters. The Morgan fingerprint density at radius 1 is 0.429 bits per heavy atom. The zero-order valence-corrected chi connectivity index (χ0v) is 38.0. The summed E-state index contributed by atoms with van der Waals surface area (Å²) < 4.78 is 6.52. The Balaban J connectivity index is 0.000000142. The largest absolute Gasteiger partial charge is 0.333 e. The molecule has 0 aliphatic rings. The van der Waals surface area contributed by atoms with Crippen molar-refractivity contribution in [1.29, 1.82) is 0 Å². The van der Waals surface area contributed by atoms with Gasteiger partial charge in [-0.25, -0.2) is 15.0 Å². The first kappa shape index (κ1) is 44.6. The highest BCUT2D eigenvalue weighted by Crippen LogP contribution is 2.22. The first-order valence-corrected chi connectivity index (χ1v) is 22.1. The van der Waals surface area contributed by atoms with Crippen LogP contribution in [-0.4, -0.2) is 28.7 Å². The van der Waals surface area contributed by atoms with Crippen LogP contribution in [0.25, 0.3) is 0 Å². The van der Waals surface area contributed by atoms with Gasteiger partial charge in [-0.1, -0.05) is 157 Å². The second-order valence-corrected chi connectivity index (χ2v) is 16.8. The lowest BCUT2D eigenvalue weighted by Crippen LogP contribution is -2.05. The van der Waals surface area contributed by atoms with Crippen molar-refractivity contribution >= 4 is 23.2 Å². The molecule has 0 atom stereocenters. The van der Waals surface area contributed by atoms with Crippen LogP contribution in [-0.2, 0) is 38.9 Å². The predicted molar refractivity (Wildman–Crippen MR) is 260 cm³/mol. The molecule has 0 saturated heterocycles. The molecule has 6 aromatic carbocycles. The van der Waals surface area contributed by atoms with E-state index < -0.39 is 0 Å². The van der Waals surface area contributed by atoms with Crippen molar-refractivity contribution in [3.05, 3.63) is 266 Å². The molecule has 0 bridgehead atoms. The van der Waals surface area contributed by atoms with Crippen LogP contribution < -0.4 is 0 Å². The third-order valence-electron chi connectivity index (χ3n) is 11.4. The summed E-state index contributed by atoms with van der Waals surface area (Å²) in [7, 11) is 0. The SMILES string of the molecule is Cc1cccc(C)c1Cc1cncn1Cc1ccccc1.Cc1ccccc1Cc1cncn1Cc1ccccc1C.Clc1ccccc1Cc1cn(Cc2ccccc2Cl)cn1.